The lowest BCUT2D eigenvalue weighted by molar-refractivity contribution is 0.607. The second kappa shape index (κ2) is 5.38. The Balaban J connectivity index is 1.75. The van der Waals surface area contributed by atoms with Crippen LogP contribution in [0.25, 0.3) is 11.0 Å². The lowest BCUT2D eigenvalue weighted by Crippen LogP contribution is -2.14. The molecule has 0 aliphatic carbocycles. The zero-order valence-corrected chi connectivity index (χ0v) is 11.4. The molecule has 1 unspecified atom stereocenters. The summed E-state index contributed by atoms with van der Waals surface area (Å²) in [5, 5.41) is 0. The first-order valence-corrected chi connectivity index (χ1v) is 6.67. The number of hydrogen-bond donors (Lipinski definition) is 1. The first kappa shape index (κ1) is 12.7. The van der Waals surface area contributed by atoms with Crippen molar-refractivity contribution in [3.63, 3.8) is 0 Å². The minimum Gasteiger partial charge on any atom is -0.338 e. The average molecular weight is 267 g/mol. The standard InChI is InChI=1S/C15H17N5/c1-20-9-8-17-15(20)7-6-11(16)14-10-18-12-4-2-3-5-13(12)19-14/h2-5,8-11H,6-7,16H2,1H3. The molecular formula is C15H17N5. The smallest absolute Gasteiger partial charge is 0.108 e. The molecule has 20 heavy (non-hydrogen) atoms. The van der Waals surface area contributed by atoms with E-state index in [-0.39, 0.29) is 6.04 Å². The fourth-order valence-corrected chi connectivity index (χ4v) is 2.22. The van der Waals surface area contributed by atoms with Crippen molar-refractivity contribution in [2.45, 2.75) is 18.9 Å². The third kappa shape index (κ3) is 2.53. The van der Waals surface area contributed by atoms with Gasteiger partial charge in [0.2, 0.25) is 0 Å². The van der Waals surface area contributed by atoms with Gasteiger partial charge < -0.3 is 10.3 Å². The zero-order chi connectivity index (χ0) is 13.9. The second-order valence-electron chi connectivity index (χ2n) is 4.88. The molecule has 0 radical (unpaired) electrons. The summed E-state index contributed by atoms with van der Waals surface area (Å²) in [4.78, 5) is 13.3. The molecule has 0 aliphatic rings. The van der Waals surface area contributed by atoms with Crippen molar-refractivity contribution in [3.8, 4) is 0 Å². The van der Waals surface area contributed by atoms with Gasteiger partial charge in [-0.3, -0.25) is 4.98 Å². The van der Waals surface area contributed by atoms with Gasteiger partial charge in [-0.05, 0) is 18.6 Å². The zero-order valence-electron chi connectivity index (χ0n) is 11.4. The van der Waals surface area contributed by atoms with E-state index in [1.54, 1.807) is 12.4 Å². The third-order valence-corrected chi connectivity index (χ3v) is 3.45. The number of rotatable bonds is 4. The van der Waals surface area contributed by atoms with Crippen molar-refractivity contribution in [2.75, 3.05) is 0 Å². The number of benzene rings is 1. The quantitative estimate of drug-likeness (QED) is 0.785. The van der Waals surface area contributed by atoms with Crippen LogP contribution in [0.5, 0.6) is 0 Å². The monoisotopic (exact) mass is 267 g/mol. The molecule has 2 aromatic heterocycles. The molecule has 102 valence electrons. The van der Waals surface area contributed by atoms with Crippen molar-refractivity contribution in [3.05, 3.63) is 54.4 Å². The van der Waals surface area contributed by atoms with Crippen molar-refractivity contribution < 1.29 is 0 Å². The SMILES string of the molecule is Cn1ccnc1CCC(N)c1cnc2ccccc2n1. The van der Waals surface area contributed by atoms with Crippen LogP contribution in [-0.4, -0.2) is 19.5 Å². The van der Waals surface area contributed by atoms with Gasteiger partial charge in [0, 0.05) is 31.9 Å². The Morgan fingerprint density at radius 3 is 2.75 bits per heavy atom. The topological polar surface area (TPSA) is 69.6 Å². The summed E-state index contributed by atoms with van der Waals surface area (Å²) < 4.78 is 2.01. The third-order valence-electron chi connectivity index (χ3n) is 3.45. The lowest BCUT2D eigenvalue weighted by Gasteiger charge is -2.11. The summed E-state index contributed by atoms with van der Waals surface area (Å²) in [6.07, 6.45) is 7.15. The highest BCUT2D eigenvalue weighted by atomic mass is 15.0. The van der Waals surface area contributed by atoms with E-state index in [4.69, 9.17) is 5.73 Å². The normalized spacial score (nSPS) is 12.7. The molecule has 1 atom stereocenters. The highest BCUT2D eigenvalue weighted by Gasteiger charge is 2.10. The van der Waals surface area contributed by atoms with Gasteiger partial charge in [-0.25, -0.2) is 9.97 Å². The lowest BCUT2D eigenvalue weighted by atomic mass is 10.1. The molecule has 0 saturated heterocycles. The molecule has 1 aromatic carbocycles. The van der Waals surface area contributed by atoms with Crippen LogP contribution in [0.1, 0.15) is 24.0 Å². The molecular weight excluding hydrogens is 250 g/mol. The van der Waals surface area contributed by atoms with Gasteiger partial charge in [0.25, 0.3) is 0 Å². The van der Waals surface area contributed by atoms with Crippen molar-refractivity contribution in [1.82, 2.24) is 19.5 Å². The van der Waals surface area contributed by atoms with Crippen LogP contribution in [0.15, 0.2) is 42.9 Å². The van der Waals surface area contributed by atoms with Crippen LogP contribution in [0.2, 0.25) is 0 Å². The molecule has 0 bridgehead atoms. The Kier molecular flexibility index (Phi) is 3.43. The maximum atomic E-state index is 6.21. The summed E-state index contributed by atoms with van der Waals surface area (Å²) >= 11 is 0. The van der Waals surface area contributed by atoms with Crippen molar-refractivity contribution >= 4 is 11.0 Å². The summed E-state index contributed by atoms with van der Waals surface area (Å²) in [7, 11) is 1.99. The van der Waals surface area contributed by atoms with Gasteiger partial charge in [-0.15, -0.1) is 0 Å². The molecule has 0 fully saturated rings. The molecule has 2 N–H and O–H groups in total. The minimum absolute atomic E-state index is 0.121. The molecule has 0 aliphatic heterocycles. The van der Waals surface area contributed by atoms with Crippen LogP contribution in [-0.2, 0) is 13.5 Å². The van der Waals surface area contributed by atoms with Crippen LogP contribution < -0.4 is 5.73 Å². The Labute approximate surface area is 117 Å². The number of aromatic nitrogens is 4. The number of hydrogen-bond acceptors (Lipinski definition) is 4. The van der Waals surface area contributed by atoms with E-state index in [0.29, 0.717) is 0 Å². The van der Waals surface area contributed by atoms with Gasteiger partial charge >= 0.3 is 0 Å². The fraction of sp³-hybridized carbons (Fsp3) is 0.267. The molecule has 0 amide bonds. The van der Waals surface area contributed by atoms with E-state index in [2.05, 4.69) is 15.0 Å². The largest absolute Gasteiger partial charge is 0.338 e. The maximum Gasteiger partial charge on any atom is 0.108 e. The summed E-state index contributed by atoms with van der Waals surface area (Å²) in [6, 6.07) is 7.70. The second-order valence-corrected chi connectivity index (χ2v) is 4.88. The van der Waals surface area contributed by atoms with E-state index in [9.17, 15) is 0 Å². The van der Waals surface area contributed by atoms with E-state index in [0.717, 1.165) is 35.4 Å². The maximum absolute atomic E-state index is 6.21. The Morgan fingerprint density at radius 2 is 2.00 bits per heavy atom. The van der Waals surface area contributed by atoms with Gasteiger partial charge in [0.1, 0.15) is 5.82 Å². The van der Waals surface area contributed by atoms with E-state index in [1.165, 1.54) is 0 Å². The Bertz CT molecular complexity index is 719. The summed E-state index contributed by atoms with van der Waals surface area (Å²) in [5.74, 6) is 1.04. The first-order valence-electron chi connectivity index (χ1n) is 6.67. The molecule has 2 heterocycles. The predicted octanol–water partition coefficient (Wildman–Crippen LogP) is 2.00. The fourth-order valence-electron chi connectivity index (χ4n) is 2.22. The summed E-state index contributed by atoms with van der Waals surface area (Å²) in [6.45, 7) is 0. The number of nitrogens with two attached hydrogens (primary N) is 1. The molecule has 0 saturated carbocycles. The predicted molar refractivity (Wildman–Crippen MR) is 78.0 cm³/mol. The molecule has 5 nitrogen and oxygen atoms in total. The van der Waals surface area contributed by atoms with Crippen LogP contribution in [0.3, 0.4) is 0 Å². The number of imidazole rings is 1. The van der Waals surface area contributed by atoms with Crippen LogP contribution >= 0.6 is 0 Å². The number of nitrogens with zero attached hydrogens (tertiary/aromatic N) is 4. The first-order chi connectivity index (χ1) is 9.74. The Hall–Kier alpha value is -2.27. The molecule has 3 aromatic rings. The van der Waals surface area contributed by atoms with Crippen LogP contribution in [0.4, 0.5) is 0 Å². The molecule has 0 spiro atoms. The number of para-hydroxylation sites is 2. The van der Waals surface area contributed by atoms with Gasteiger partial charge in [0.05, 0.1) is 22.9 Å². The van der Waals surface area contributed by atoms with E-state index >= 15 is 0 Å². The van der Waals surface area contributed by atoms with Crippen molar-refractivity contribution in [1.29, 1.82) is 0 Å². The minimum atomic E-state index is -0.121. The van der Waals surface area contributed by atoms with Gasteiger partial charge in [-0.1, -0.05) is 12.1 Å². The molecule has 3 rings (SSSR count). The highest BCUT2D eigenvalue weighted by molar-refractivity contribution is 5.73. The van der Waals surface area contributed by atoms with Gasteiger partial charge in [0.15, 0.2) is 0 Å². The summed E-state index contributed by atoms with van der Waals surface area (Å²) in [5.41, 5.74) is 8.83. The molecule has 5 heteroatoms. The highest BCUT2D eigenvalue weighted by Crippen LogP contribution is 2.16. The number of aryl methyl sites for hydroxylation is 2. The van der Waals surface area contributed by atoms with E-state index < -0.39 is 0 Å². The number of fused-ring (bicyclic) bond motifs is 1. The van der Waals surface area contributed by atoms with Crippen molar-refractivity contribution in [2.24, 2.45) is 12.8 Å². The van der Waals surface area contributed by atoms with Gasteiger partial charge in [-0.2, -0.15) is 0 Å². The average Bonchev–Trinajstić information content (AvgIpc) is 2.89. The van der Waals surface area contributed by atoms with E-state index in [1.807, 2.05) is 42.1 Å². The van der Waals surface area contributed by atoms with Crippen LogP contribution in [0, 0.1) is 0 Å². The Morgan fingerprint density at radius 1 is 1.20 bits per heavy atom.